The highest BCUT2D eigenvalue weighted by Gasteiger charge is 2.18. The number of rotatable bonds is 5. The normalized spacial score (nSPS) is 12.1. The molecule has 0 aromatic heterocycles. The van der Waals surface area contributed by atoms with Gasteiger partial charge in [0, 0.05) is 11.0 Å². The van der Waals surface area contributed by atoms with Crippen LogP contribution in [-0.2, 0) is 11.3 Å². The summed E-state index contributed by atoms with van der Waals surface area (Å²) in [5.41, 5.74) is 1.80. The molecule has 1 unspecified atom stereocenters. The molecule has 0 amide bonds. The Morgan fingerprint density at radius 2 is 1.74 bits per heavy atom. The number of halogens is 1. The lowest BCUT2D eigenvalue weighted by Gasteiger charge is -2.15. The monoisotopic (exact) mass is 319 g/mol. The first kappa shape index (κ1) is 13.8. The summed E-state index contributed by atoms with van der Waals surface area (Å²) in [6.07, 6.45) is 0. The molecule has 0 saturated heterocycles. The molecule has 19 heavy (non-hydrogen) atoms. The Morgan fingerprint density at radius 1 is 1.11 bits per heavy atom. The van der Waals surface area contributed by atoms with E-state index in [9.17, 15) is 9.90 Å². The summed E-state index contributed by atoms with van der Waals surface area (Å²) in [7, 11) is 0. The summed E-state index contributed by atoms with van der Waals surface area (Å²) < 4.78 is 0.934. The Balaban J connectivity index is 2.09. The van der Waals surface area contributed by atoms with Crippen LogP contribution in [0.3, 0.4) is 0 Å². The third kappa shape index (κ3) is 3.91. The van der Waals surface area contributed by atoms with E-state index in [-0.39, 0.29) is 0 Å². The average molecular weight is 320 g/mol. The Kier molecular flexibility index (Phi) is 4.71. The van der Waals surface area contributed by atoms with Gasteiger partial charge in [-0.2, -0.15) is 0 Å². The van der Waals surface area contributed by atoms with Crippen molar-refractivity contribution in [2.24, 2.45) is 0 Å². The summed E-state index contributed by atoms with van der Waals surface area (Å²) in [4.78, 5) is 11.3. The highest BCUT2D eigenvalue weighted by Crippen LogP contribution is 2.17. The van der Waals surface area contributed by atoms with Crippen molar-refractivity contribution in [3.8, 4) is 0 Å². The van der Waals surface area contributed by atoms with Gasteiger partial charge in [0.25, 0.3) is 0 Å². The van der Waals surface area contributed by atoms with Gasteiger partial charge in [0.2, 0.25) is 0 Å². The molecule has 0 aliphatic rings. The molecule has 0 aliphatic heterocycles. The fourth-order valence-corrected chi connectivity index (χ4v) is 2.08. The summed E-state index contributed by atoms with van der Waals surface area (Å²) in [5, 5.41) is 12.4. The molecule has 0 bridgehead atoms. The maximum absolute atomic E-state index is 11.3. The minimum absolute atomic E-state index is 0.522. The van der Waals surface area contributed by atoms with Gasteiger partial charge in [-0.3, -0.25) is 10.1 Å². The van der Waals surface area contributed by atoms with E-state index in [1.807, 2.05) is 42.5 Å². The van der Waals surface area contributed by atoms with Crippen LogP contribution in [0.4, 0.5) is 0 Å². The summed E-state index contributed by atoms with van der Waals surface area (Å²) in [6.45, 7) is 0.522. The van der Waals surface area contributed by atoms with Crippen LogP contribution in [-0.4, -0.2) is 11.1 Å². The second-order valence-electron chi connectivity index (χ2n) is 4.19. The lowest BCUT2D eigenvalue weighted by molar-refractivity contribution is -0.139. The van der Waals surface area contributed by atoms with Crippen LogP contribution in [0, 0.1) is 0 Å². The van der Waals surface area contributed by atoms with Crippen LogP contribution >= 0.6 is 15.9 Å². The van der Waals surface area contributed by atoms with E-state index in [1.165, 1.54) is 0 Å². The van der Waals surface area contributed by atoms with E-state index in [4.69, 9.17) is 0 Å². The molecule has 98 valence electrons. The quantitative estimate of drug-likeness (QED) is 0.888. The fourth-order valence-electron chi connectivity index (χ4n) is 1.82. The average Bonchev–Trinajstić information content (AvgIpc) is 2.42. The molecule has 0 spiro atoms. The van der Waals surface area contributed by atoms with Gasteiger partial charge in [0.1, 0.15) is 6.04 Å². The van der Waals surface area contributed by atoms with Crippen LogP contribution in [0.1, 0.15) is 17.2 Å². The Bertz CT molecular complexity index is 540. The number of aliphatic carboxylic acids is 1. The highest BCUT2D eigenvalue weighted by atomic mass is 79.9. The summed E-state index contributed by atoms with van der Waals surface area (Å²) in [6, 6.07) is 16.3. The van der Waals surface area contributed by atoms with Crippen molar-refractivity contribution in [1.82, 2.24) is 5.32 Å². The Labute approximate surface area is 120 Å². The number of hydrogen-bond donors (Lipinski definition) is 2. The van der Waals surface area contributed by atoms with Gasteiger partial charge in [-0.25, -0.2) is 0 Å². The van der Waals surface area contributed by atoms with Gasteiger partial charge in [-0.05, 0) is 23.3 Å². The molecule has 2 rings (SSSR count). The number of carboxylic acids is 1. The van der Waals surface area contributed by atoms with Crippen molar-refractivity contribution < 1.29 is 9.90 Å². The van der Waals surface area contributed by atoms with Gasteiger partial charge < -0.3 is 5.11 Å². The molecule has 0 aliphatic carbocycles. The zero-order valence-corrected chi connectivity index (χ0v) is 11.8. The number of nitrogens with one attached hydrogen (secondary N) is 1. The second-order valence-corrected chi connectivity index (χ2v) is 5.10. The van der Waals surface area contributed by atoms with Gasteiger partial charge >= 0.3 is 5.97 Å². The molecule has 2 aromatic rings. The molecule has 0 radical (unpaired) electrons. The predicted molar refractivity (Wildman–Crippen MR) is 77.8 cm³/mol. The van der Waals surface area contributed by atoms with Gasteiger partial charge in [-0.15, -0.1) is 0 Å². The van der Waals surface area contributed by atoms with Gasteiger partial charge in [-0.1, -0.05) is 58.4 Å². The van der Waals surface area contributed by atoms with Crippen molar-refractivity contribution in [2.45, 2.75) is 12.6 Å². The molecular formula is C15H14BrNO2. The molecule has 0 saturated carbocycles. The van der Waals surface area contributed by atoms with E-state index >= 15 is 0 Å². The van der Waals surface area contributed by atoms with Crippen molar-refractivity contribution in [1.29, 1.82) is 0 Å². The molecule has 1 atom stereocenters. The smallest absolute Gasteiger partial charge is 0.325 e. The fraction of sp³-hybridized carbons (Fsp3) is 0.133. The van der Waals surface area contributed by atoms with E-state index in [0.717, 1.165) is 15.6 Å². The minimum atomic E-state index is -0.877. The van der Waals surface area contributed by atoms with Crippen molar-refractivity contribution in [3.63, 3.8) is 0 Å². The third-order valence-electron chi connectivity index (χ3n) is 2.80. The van der Waals surface area contributed by atoms with Crippen LogP contribution in [0.15, 0.2) is 59.1 Å². The predicted octanol–water partition coefficient (Wildman–Crippen LogP) is 3.36. The number of carboxylic acid groups (broad SMARTS) is 1. The SMILES string of the molecule is O=C(O)C(NCc1ccccc1)c1ccc(Br)cc1. The van der Waals surface area contributed by atoms with Crippen molar-refractivity contribution >= 4 is 21.9 Å². The van der Waals surface area contributed by atoms with E-state index in [1.54, 1.807) is 12.1 Å². The van der Waals surface area contributed by atoms with Crippen LogP contribution in [0.2, 0.25) is 0 Å². The molecule has 0 heterocycles. The second kappa shape index (κ2) is 6.50. The van der Waals surface area contributed by atoms with Crippen molar-refractivity contribution in [2.75, 3.05) is 0 Å². The largest absolute Gasteiger partial charge is 0.480 e. The number of carbonyl (C=O) groups is 1. The molecular weight excluding hydrogens is 306 g/mol. The van der Waals surface area contributed by atoms with Gasteiger partial charge in [0.15, 0.2) is 0 Å². The topological polar surface area (TPSA) is 49.3 Å². The number of benzene rings is 2. The zero-order valence-electron chi connectivity index (χ0n) is 10.2. The van der Waals surface area contributed by atoms with Crippen molar-refractivity contribution in [3.05, 3.63) is 70.2 Å². The summed E-state index contributed by atoms with van der Waals surface area (Å²) in [5.74, 6) is -0.877. The van der Waals surface area contributed by atoms with E-state index in [0.29, 0.717) is 6.54 Å². The van der Waals surface area contributed by atoms with E-state index in [2.05, 4.69) is 21.2 Å². The standard InChI is InChI=1S/C15H14BrNO2/c16-13-8-6-12(7-9-13)14(15(18)19)17-10-11-4-2-1-3-5-11/h1-9,14,17H,10H2,(H,18,19). The first-order valence-electron chi connectivity index (χ1n) is 5.92. The Morgan fingerprint density at radius 3 is 2.32 bits per heavy atom. The third-order valence-corrected chi connectivity index (χ3v) is 3.33. The van der Waals surface area contributed by atoms with Crippen LogP contribution in [0.25, 0.3) is 0 Å². The lowest BCUT2D eigenvalue weighted by Crippen LogP contribution is -2.28. The maximum atomic E-state index is 11.3. The van der Waals surface area contributed by atoms with Crippen LogP contribution in [0.5, 0.6) is 0 Å². The Hall–Kier alpha value is -1.65. The maximum Gasteiger partial charge on any atom is 0.325 e. The molecule has 0 fully saturated rings. The molecule has 2 aromatic carbocycles. The first-order chi connectivity index (χ1) is 9.16. The van der Waals surface area contributed by atoms with E-state index < -0.39 is 12.0 Å². The molecule has 3 nitrogen and oxygen atoms in total. The molecule has 4 heteroatoms. The minimum Gasteiger partial charge on any atom is -0.480 e. The molecule has 2 N–H and O–H groups in total. The van der Waals surface area contributed by atoms with Crippen LogP contribution < -0.4 is 5.32 Å². The lowest BCUT2D eigenvalue weighted by atomic mass is 10.1. The highest BCUT2D eigenvalue weighted by molar-refractivity contribution is 9.10. The first-order valence-corrected chi connectivity index (χ1v) is 6.71. The number of hydrogen-bond acceptors (Lipinski definition) is 2. The van der Waals surface area contributed by atoms with Gasteiger partial charge in [0.05, 0.1) is 0 Å². The zero-order chi connectivity index (χ0) is 13.7. The summed E-state index contributed by atoms with van der Waals surface area (Å²) >= 11 is 3.34.